The van der Waals surface area contributed by atoms with Gasteiger partial charge in [0.15, 0.2) is 11.6 Å². The number of hydrogen-bond donors (Lipinski definition) is 2. The van der Waals surface area contributed by atoms with Crippen LogP contribution in [0.4, 0.5) is 8.78 Å². The van der Waals surface area contributed by atoms with Crippen LogP contribution in [-0.4, -0.2) is 17.3 Å². The van der Waals surface area contributed by atoms with E-state index in [9.17, 15) is 13.9 Å². The van der Waals surface area contributed by atoms with Crippen LogP contribution in [0.1, 0.15) is 32.4 Å². The zero-order valence-corrected chi connectivity index (χ0v) is 9.72. The maximum Gasteiger partial charge on any atom is 0.163 e. The van der Waals surface area contributed by atoms with Gasteiger partial charge in [-0.25, -0.2) is 8.78 Å². The number of halogens is 2. The molecule has 0 aliphatic carbocycles. The van der Waals surface area contributed by atoms with Crippen LogP contribution in [0.3, 0.4) is 0 Å². The summed E-state index contributed by atoms with van der Waals surface area (Å²) in [7, 11) is 0. The molecule has 0 heterocycles. The summed E-state index contributed by atoms with van der Waals surface area (Å²) >= 11 is 0. The summed E-state index contributed by atoms with van der Waals surface area (Å²) in [6, 6.07) is 3.74. The molecule has 1 unspecified atom stereocenters. The summed E-state index contributed by atoms with van der Waals surface area (Å²) in [4.78, 5) is 0. The van der Waals surface area contributed by atoms with E-state index >= 15 is 0 Å². The van der Waals surface area contributed by atoms with E-state index in [0.29, 0.717) is 6.54 Å². The van der Waals surface area contributed by atoms with E-state index in [1.54, 1.807) is 20.8 Å². The highest BCUT2D eigenvalue weighted by Gasteiger charge is 2.17. The quantitative estimate of drug-likeness (QED) is 0.830. The van der Waals surface area contributed by atoms with Gasteiger partial charge in [0, 0.05) is 18.2 Å². The first kappa shape index (κ1) is 13.1. The summed E-state index contributed by atoms with van der Waals surface area (Å²) in [6.07, 6.45) is 0. The van der Waals surface area contributed by atoms with Gasteiger partial charge in [-0.1, -0.05) is 12.1 Å². The highest BCUT2D eigenvalue weighted by Crippen LogP contribution is 2.19. The van der Waals surface area contributed by atoms with Gasteiger partial charge in [0.25, 0.3) is 0 Å². The Hall–Kier alpha value is -1.00. The molecule has 1 rings (SSSR count). The third-order valence-corrected chi connectivity index (χ3v) is 2.29. The molecule has 0 aliphatic rings. The fourth-order valence-corrected chi connectivity index (χ4v) is 1.37. The van der Waals surface area contributed by atoms with Crippen LogP contribution in [0.2, 0.25) is 0 Å². The van der Waals surface area contributed by atoms with Crippen molar-refractivity contribution >= 4 is 0 Å². The normalized spacial score (nSPS) is 13.9. The fourth-order valence-electron chi connectivity index (χ4n) is 1.37. The lowest BCUT2D eigenvalue weighted by Crippen LogP contribution is -2.36. The van der Waals surface area contributed by atoms with Crippen LogP contribution in [0.15, 0.2) is 18.2 Å². The van der Waals surface area contributed by atoms with Crippen LogP contribution < -0.4 is 5.32 Å². The Kier molecular flexibility index (Phi) is 3.99. The van der Waals surface area contributed by atoms with Crippen molar-refractivity contribution in [1.29, 1.82) is 0 Å². The second-order valence-corrected chi connectivity index (χ2v) is 4.56. The predicted octanol–water partition coefficient (Wildman–Crippen LogP) is 2.39. The molecule has 2 N–H and O–H groups in total. The fraction of sp³-hybridized carbons (Fsp3) is 0.500. The molecule has 1 aromatic rings. The molecule has 0 spiro atoms. The van der Waals surface area contributed by atoms with E-state index in [0.717, 1.165) is 6.07 Å². The molecular formula is C12H17F2NO. The molecule has 4 heteroatoms. The first-order chi connectivity index (χ1) is 7.31. The van der Waals surface area contributed by atoms with Gasteiger partial charge >= 0.3 is 0 Å². The van der Waals surface area contributed by atoms with Gasteiger partial charge in [0.2, 0.25) is 0 Å². The van der Waals surface area contributed by atoms with Gasteiger partial charge in [0.05, 0.1) is 5.60 Å². The van der Waals surface area contributed by atoms with E-state index in [2.05, 4.69) is 5.32 Å². The SMILES string of the molecule is CC(NCC(C)(C)O)c1cccc(F)c1F. The molecule has 0 bridgehead atoms. The molecular weight excluding hydrogens is 212 g/mol. The topological polar surface area (TPSA) is 32.3 Å². The first-order valence-electron chi connectivity index (χ1n) is 5.21. The van der Waals surface area contributed by atoms with Gasteiger partial charge < -0.3 is 10.4 Å². The average Bonchev–Trinajstić information content (AvgIpc) is 2.17. The lowest BCUT2D eigenvalue weighted by atomic mass is 10.1. The molecule has 0 radical (unpaired) electrons. The Morgan fingerprint density at radius 1 is 1.38 bits per heavy atom. The number of aliphatic hydroxyl groups is 1. The Labute approximate surface area is 94.3 Å². The molecule has 2 nitrogen and oxygen atoms in total. The van der Waals surface area contributed by atoms with E-state index in [4.69, 9.17) is 0 Å². The van der Waals surface area contributed by atoms with Crippen LogP contribution in [0, 0.1) is 11.6 Å². The van der Waals surface area contributed by atoms with Crippen molar-refractivity contribution in [3.8, 4) is 0 Å². The highest BCUT2D eigenvalue weighted by atomic mass is 19.2. The second-order valence-electron chi connectivity index (χ2n) is 4.56. The molecule has 1 aromatic carbocycles. The lowest BCUT2D eigenvalue weighted by Gasteiger charge is -2.22. The summed E-state index contributed by atoms with van der Waals surface area (Å²) in [5.74, 6) is -1.69. The summed E-state index contributed by atoms with van der Waals surface area (Å²) in [6.45, 7) is 5.33. The first-order valence-corrected chi connectivity index (χ1v) is 5.21. The van der Waals surface area contributed by atoms with Gasteiger partial charge in [0.1, 0.15) is 0 Å². The van der Waals surface area contributed by atoms with E-state index < -0.39 is 17.2 Å². The van der Waals surface area contributed by atoms with Crippen LogP contribution in [0.5, 0.6) is 0 Å². The highest BCUT2D eigenvalue weighted by molar-refractivity contribution is 5.22. The third-order valence-electron chi connectivity index (χ3n) is 2.29. The van der Waals surface area contributed by atoms with Crippen molar-refractivity contribution in [2.45, 2.75) is 32.4 Å². The van der Waals surface area contributed by atoms with Crippen molar-refractivity contribution in [2.24, 2.45) is 0 Å². The van der Waals surface area contributed by atoms with Crippen molar-refractivity contribution < 1.29 is 13.9 Å². The summed E-state index contributed by atoms with van der Waals surface area (Å²) in [5.41, 5.74) is -0.609. The summed E-state index contributed by atoms with van der Waals surface area (Å²) < 4.78 is 26.4. The molecule has 0 fully saturated rings. The average molecular weight is 229 g/mol. The minimum absolute atomic E-state index is 0.268. The zero-order valence-electron chi connectivity index (χ0n) is 9.72. The van der Waals surface area contributed by atoms with Gasteiger partial charge in [-0.2, -0.15) is 0 Å². The summed E-state index contributed by atoms with van der Waals surface area (Å²) in [5, 5.41) is 12.5. The van der Waals surface area contributed by atoms with E-state index in [1.807, 2.05) is 0 Å². The van der Waals surface area contributed by atoms with Crippen molar-refractivity contribution in [2.75, 3.05) is 6.54 Å². The molecule has 0 saturated heterocycles. The third kappa shape index (κ3) is 3.54. The minimum Gasteiger partial charge on any atom is -0.389 e. The predicted molar refractivity (Wildman–Crippen MR) is 59.1 cm³/mol. The molecule has 0 saturated carbocycles. The van der Waals surface area contributed by atoms with Crippen LogP contribution >= 0.6 is 0 Å². The zero-order chi connectivity index (χ0) is 12.3. The molecule has 90 valence electrons. The van der Waals surface area contributed by atoms with Crippen molar-refractivity contribution in [3.63, 3.8) is 0 Å². The van der Waals surface area contributed by atoms with Crippen LogP contribution in [-0.2, 0) is 0 Å². The number of nitrogens with one attached hydrogen (secondary N) is 1. The van der Waals surface area contributed by atoms with E-state index in [-0.39, 0.29) is 11.6 Å². The number of hydrogen-bond acceptors (Lipinski definition) is 2. The molecule has 16 heavy (non-hydrogen) atoms. The van der Waals surface area contributed by atoms with E-state index in [1.165, 1.54) is 12.1 Å². The monoisotopic (exact) mass is 229 g/mol. The van der Waals surface area contributed by atoms with Crippen LogP contribution in [0.25, 0.3) is 0 Å². The van der Waals surface area contributed by atoms with Crippen molar-refractivity contribution in [1.82, 2.24) is 5.32 Å². The Morgan fingerprint density at radius 2 is 2.00 bits per heavy atom. The molecule has 1 atom stereocenters. The minimum atomic E-state index is -0.877. The molecule has 0 amide bonds. The van der Waals surface area contributed by atoms with Gasteiger partial charge in [-0.15, -0.1) is 0 Å². The second kappa shape index (κ2) is 4.89. The number of benzene rings is 1. The molecule has 0 aromatic heterocycles. The maximum atomic E-state index is 13.4. The Bertz CT molecular complexity index is 361. The lowest BCUT2D eigenvalue weighted by molar-refractivity contribution is 0.0769. The largest absolute Gasteiger partial charge is 0.389 e. The Balaban J connectivity index is 2.73. The van der Waals surface area contributed by atoms with Gasteiger partial charge in [-0.3, -0.25) is 0 Å². The molecule has 0 aliphatic heterocycles. The standard InChI is InChI=1S/C12H17F2NO/c1-8(15-7-12(2,3)16)9-5-4-6-10(13)11(9)14/h4-6,8,15-16H,7H2,1-3H3. The maximum absolute atomic E-state index is 13.4. The Morgan fingerprint density at radius 3 is 2.56 bits per heavy atom. The van der Waals surface area contributed by atoms with Crippen molar-refractivity contribution in [3.05, 3.63) is 35.4 Å². The van der Waals surface area contributed by atoms with Gasteiger partial charge in [-0.05, 0) is 26.8 Å². The smallest absolute Gasteiger partial charge is 0.163 e. The number of rotatable bonds is 4.